The van der Waals surface area contributed by atoms with Crippen LogP contribution in [-0.4, -0.2) is 25.7 Å². The summed E-state index contributed by atoms with van der Waals surface area (Å²) in [5, 5.41) is 8.28. The molecular weight excluding hydrogens is 425 g/mol. The molecule has 5 rings (SSSR count). The number of fused-ring (bicyclic) bond motifs is 1. The topological polar surface area (TPSA) is 72.7 Å². The molecule has 32 heavy (non-hydrogen) atoms. The average Bonchev–Trinajstić information content (AvgIpc) is 3.37. The van der Waals surface area contributed by atoms with E-state index >= 15 is 0 Å². The fourth-order valence-corrected chi connectivity index (χ4v) is 4.59. The van der Waals surface area contributed by atoms with Crippen molar-refractivity contribution in [1.82, 2.24) is 19.7 Å². The molecule has 0 fully saturated rings. The summed E-state index contributed by atoms with van der Waals surface area (Å²) in [6.45, 7) is 1.89. The lowest BCUT2D eigenvalue weighted by Crippen LogP contribution is -2.20. The van der Waals surface area contributed by atoms with Crippen LogP contribution in [0.3, 0.4) is 0 Å². The van der Waals surface area contributed by atoms with Gasteiger partial charge in [0.1, 0.15) is 12.4 Å². The van der Waals surface area contributed by atoms with Crippen LogP contribution in [0.4, 0.5) is 10.1 Å². The van der Waals surface area contributed by atoms with Crippen molar-refractivity contribution in [1.29, 1.82) is 0 Å². The van der Waals surface area contributed by atoms with Crippen LogP contribution in [0.1, 0.15) is 5.69 Å². The molecule has 0 aliphatic heterocycles. The molecule has 0 aliphatic rings. The third-order valence-electron chi connectivity index (χ3n) is 4.95. The first-order chi connectivity index (χ1) is 15.6. The standard InChI is InChI=1S/C24H18FN5OS/c1-15-4-2-7-20(28-15)24-19(22-10-16-12-26-9-8-21(16)32-22)13-27-30(24)14-23(31)29-18-6-3-5-17(25)11-18/h2-13H,14H2,1H3,(H,29,31). The Kier molecular flexibility index (Phi) is 5.20. The summed E-state index contributed by atoms with van der Waals surface area (Å²) in [6.07, 6.45) is 5.36. The van der Waals surface area contributed by atoms with Crippen molar-refractivity contribution >= 4 is 33.0 Å². The molecule has 1 N–H and O–H groups in total. The molecule has 0 atom stereocenters. The third kappa shape index (κ3) is 4.00. The Morgan fingerprint density at radius 1 is 1.12 bits per heavy atom. The molecule has 6 nitrogen and oxygen atoms in total. The van der Waals surface area contributed by atoms with Crippen molar-refractivity contribution in [2.45, 2.75) is 13.5 Å². The minimum Gasteiger partial charge on any atom is -0.324 e. The van der Waals surface area contributed by atoms with Gasteiger partial charge in [0.15, 0.2) is 0 Å². The Morgan fingerprint density at radius 3 is 2.81 bits per heavy atom. The molecule has 5 aromatic rings. The van der Waals surface area contributed by atoms with Crippen LogP contribution in [0.25, 0.3) is 31.9 Å². The number of anilines is 1. The highest BCUT2D eigenvalue weighted by molar-refractivity contribution is 7.22. The van der Waals surface area contributed by atoms with E-state index < -0.39 is 5.82 Å². The summed E-state index contributed by atoms with van der Waals surface area (Å²) in [5.74, 6) is -0.715. The van der Waals surface area contributed by atoms with E-state index in [0.717, 1.165) is 37.6 Å². The minimum absolute atomic E-state index is 0.0338. The lowest BCUT2D eigenvalue weighted by atomic mass is 10.1. The van der Waals surface area contributed by atoms with Crippen LogP contribution in [0.2, 0.25) is 0 Å². The van der Waals surface area contributed by atoms with Gasteiger partial charge in [-0.25, -0.2) is 4.39 Å². The third-order valence-corrected chi connectivity index (χ3v) is 6.10. The van der Waals surface area contributed by atoms with Crippen LogP contribution in [0.5, 0.6) is 0 Å². The fourth-order valence-electron chi connectivity index (χ4n) is 3.55. The number of carbonyl (C=O) groups is 1. The first-order valence-corrected chi connectivity index (χ1v) is 10.8. The van der Waals surface area contributed by atoms with Gasteiger partial charge in [-0.1, -0.05) is 12.1 Å². The second-order valence-electron chi connectivity index (χ2n) is 7.31. The van der Waals surface area contributed by atoms with E-state index in [4.69, 9.17) is 0 Å². The maximum atomic E-state index is 13.5. The normalized spacial score (nSPS) is 11.1. The van der Waals surface area contributed by atoms with Crippen LogP contribution < -0.4 is 5.32 Å². The number of benzene rings is 1. The summed E-state index contributed by atoms with van der Waals surface area (Å²) in [7, 11) is 0. The van der Waals surface area contributed by atoms with Crippen molar-refractivity contribution in [3.8, 4) is 21.8 Å². The van der Waals surface area contributed by atoms with Crippen LogP contribution >= 0.6 is 11.3 Å². The Labute approximate surface area is 187 Å². The van der Waals surface area contributed by atoms with E-state index in [1.807, 2.05) is 37.4 Å². The number of hydrogen-bond acceptors (Lipinski definition) is 5. The first-order valence-electron chi connectivity index (χ1n) is 9.96. The number of rotatable bonds is 5. The number of pyridine rings is 2. The lowest BCUT2D eigenvalue weighted by Gasteiger charge is -2.10. The fraction of sp³-hybridized carbons (Fsp3) is 0.0833. The number of nitrogens with one attached hydrogen (secondary N) is 1. The maximum Gasteiger partial charge on any atom is 0.246 e. The van der Waals surface area contributed by atoms with Gasteiger partial charge in [-0.15, -0.1) is 11.3 Å². The first kappa shape index (κ1) is 20.0. The van der Waals surface area contributed by atoms with E-state index in [1.54, 1.807) is 40.5 Å². The van der Waals surface area contributed by atoms with Crippen molar-refractivity contribution < 1.29 is 9.18 Å². The second-order valence-corrected chi connectivity index (χ2v) is 8.40. The molecule has 8 heteroatoms. The maximum absolute atomic E-state index is 13.5. The van der Waals surface area contributed by atoms with Gasteiger partial charge in [0.05, 0.1) is 17.6 Å². The van der Waals surface area contributed by atoms with Gasteiger partial charge in [-0.3, -0.25) is 19.4 Å². The van der Waals surface area contributed by atoms with Gasteiger partial charge in [0.25, 0.3) is 0 Å². The van der Waals surface area contributed by atoms with Crippen LogP contribution in [-0.2, 0) is 11.3 Å². The molecule has 158 valence electrons. The van der Waals surface area contributed by atoms with Gasteiger partial charge in [0, 0.05) is 44.3 Å². The zero-order chi connectivity index (χ0) is 22.1. The largest absolute Gasteiger partial charge is 0.324 e. The second kappa shape index (κ2) is 8.32. The van der Waals surface area contributed by atoms with Crippen molar-refractivity contribution in [3.05, 3.63) is 84.7 Å². The van der Waals surface area contributed by atoms with Crippen molar-refractivity contribution in [3.63, 3.8) is 0 Å². The van der Waals surface area contributed by atoms with Gasteiger partial charge >= 0.3 is 0 Å². The summed E-state index contributed by atoms with van der Waals surface area (Å²) in [4.78, 5) is 22.6. The molecule has 0 aliphatic carbocycles. The molecular formula is C24H18FN5OS. The Bertz CT molecular complexity index is 1410. The van der Waals surface area contributed by atoms with E-state index in [2.05, 4.69) is 26.4 Å². The van der Waals surface area contributed by atoms with Gasteiger partial charge in [-0.2, -0.15) is 5.10 Å². The quantitative estimate of drug-likeness (QED) is 0.400. The smallest absolute Gasteiger partial charge is 0.246 e. The Morgan fingerprint density at radius 2 is 2.00 bits per heavy atom. The molecule has 4 heterocycles. The summed E-state index contributed by atoms with van der Waals surface area (Å²) in [5.41, 5.74) is 3.64. The zero-order valence-electron chi connectivity index (χ0n) is 17.1. The number of nitrogens with zero attached hydrogens (tertiary/aromatic N) is 4. The van der Waals surface area contributed by atoms with E-state index in [9.17, 15) is 9.18 Å². The summed E-state index contributed by atoms with van der Waals surface area (Å²) < 4.78 is 16.2. The number of aromatic nitrogens is 4. The number of aryl methyl sites for hydroxylation is 1. The molecule has 0 saturated heterocycles. The van der Waals surface area contributed by atoms with E-state index in [0.29, 0.717) is 5.69 Å². The van der Waals surface area contributed by atoms with Gasteiger partial charge < -0.3 is 5.32 Å². The van der Waals surface area contributed by atoms with E-state index in [1.165, 1.54) is 12.1 Å². The predicted octanol–water partition coefficient (Wildman–Crippen LogP) is 5.31. The molecule has 0 unspecified atom stereocenters. The van der Waals surface area contributed by atoms with Crippen molar-refractivity contribution in [2.75, 3.05) is 5.32 Å². The number of halogens is 1. The summed E-state index contributed by atoms with van der Waals surface area (Å²) >= 11 is 1.64. The lowest BCUT2D eigenvalue weighted by molar-refractivity contribution is -0.116. The Hall–Kier alpha value is -3.91. The zero-order valence-corrected chi connectivity index (χ0v) is 17.9. The molecule has 0 saturated carbocycles. The monoisotopic (exact) mass is 443 g/mol. The van der Waals surface area contributed by atoms with Crippen molar-refractivity contribution in [2.24, 2.45) is 0 Å². The average molecular weight is 444 g/mol. The van der Waals surface area contributed by atoms with Gasteiger partial charge in [0.2, 0.25) is 5.91 Å². The number of hydrogen-bond donors (Lipinski definition) is 1. The SMILES string of the molecule is Cc1cccc(-c2c(-c3cc4cnccc4s3)cnn2CC(=O)Nc2cccc(F)c2)n1. The number of carbonyl (C=O) groups excluding carboxylic acids is 1. The Balaban J connectivity index is 1.54. The molecule has 0 radical (unpaired) electrons. The van der Waals surface area contributed by atoms with E-state index in [-0.39, 0.29) is 12.5 Å². The number of thiophene rings is 1. The molecule has 4 aromatic heterocycles. The minimum atomic E-state index is -0.409. The molecule has 1 amide bonds. The van der Waals surface area contributed by atoms with Crippen LogP contribution in [0.15, 0.2) is 73.2 Å². The molecule has 0 spiro atoms. The molecule has 1 aromatic carbocycles. The van der Waals surface area contributed by atoms with Crippen LogP contribution in [0, 0.1) is 12.7 Å². The highest BCUT2D eigenvalue weighted by Crippen LogP contribution is 2.38. The summed E-state index contributed by atoms with van der Waals surface area (Å²) in [6, 6.07) is 15.6. The highest BCUT2D eigenvalue weighted by atomic mass is 32.1. The number of amides is 1. The van der Waals surface area contributed by atoms with Gasteiger partial charge in [-0.05, 0) is 49.4 Å². The molecule has 0 bridgehead atoms. The predicted molar refractivity (Wildman–Crippen MR) is 124 cm³/mol. The highest BCUT2D eigenvalue weighted by Gasteiger charge is 2.19.